The topological polar surface area (TPSA) is 39.9 Å². The molecule has 1 unspecified atom stereocenters. The van der Waals surface area contributed by atoms with Crippen LogP contribution in [0, 0.1) is 11.3 Å². The molecular weight excluding hydrogens is 230 g/mol. The van der Waals surface area contributed by atoms with Crippen molar-refractivity contribution >= 4 is 17.4 Å². The summed E-state index contributed by atoms with van der Waals surface area (Å²) in [5, 5.41) is 9.65. The van der Waals surface area contributed by atoms with Crippen molar-refractivity contribution in [2.45, 2.75) is 24.5 Å². The van der Waals surface area contributed by atoms with E-state index in [1.54, 1.807) is 6.20 Å². The molecule has 0 aromatic carbocycles. The lowest BCUT2D eigenvalue weighted by Crippen LogP contribution is -2.24. The molecule has 2 heterocycles. The standard InChI is InChI=1S/C13H17N3S/c1-17-13-3-2-7-16(8-5-13)12-4-6-15-11(9-12)10-14/h4,6,9,13H,2-3,5,7-8H2,1H3. The van der Waals surface area contributed by atoms with Gasteiger partial charge in [0, 0.05) is 30.2 Å². The van der Waals surface area contributed by atoms with E-state index in [9.17, 15) is 0 Å². The molecule has 0 radical (unpaired) electrons. The smallest absolute Gasteiger partial charge is 0.142 e. The number of thioether (sulfide) groups is 1. The Morgan fingerprint density at radius 3 is 3.12 bits per heavy atom. The van der Waals surface area contributed by atoms with Crippen LogP contribution in [0.3, 0.4) is 0 Å². The summed E-state index contributed by atoms with van der Waals surface area (Å²) in [5.74, 6) is 0. The van der Waals surface area contributed by atoms with Gasteiger partial charge in [-0.25, -0.2) is 4.98 Å². The van der Waals surface area contributed by atoms with Crippen molar-refractivity contribution in [3.05, 3.63) is 24.0 Å². The van der Waals surface area contributed by atoms with Crippen LogP contribution in [0.5, 0.6) is 0 Å². The third kappa shape index (κ3) is 3.13. The zero-order chi connectivity index (χ0) is 12.1. The summed E-state index contributed by atoms with van der Waals surface area (Å²) < 4.78 is 0. The highest BCUT2D eigenvalue weighted by Gasteiger charge is 2.16. The normalized spacial score (nSPS) is 20.7. The van der Waals surface area contributed by atoms with Gasteiger partial charge in [-0.15, -0.1) is 0 Å². The molecule has 4 heteroatoms. The number of nitrogens with zero attached hydrogens (tertiary/aromatic N) is 3. The van der Waals surface area contributed by atoms with Gasteiger partial charge in [0.05, 0.1) is 0 Å². The van der Waals surface area contributed by atoms with Crippen molar-refractivity contribution in [3.8, 4) is 6.07 Å². The Morgan fingerprint density at radius 2 is 2.35 bits per heavy atom. The van der Waals surface area contributed by atoms with Crippen LogP contribution in [0.1, 0.15) is 25.0 Å². The number of pyridine rings is 1. The van der Waals surface area contributed by atoms with Gasteiger partial charge in [0.25, 0.3) is 0 Å². The Kier molecular flexibility index (Phi) is 4.27. The van der Waals surface area contributed by atoms with E-state index in [1.165, 1.54) is 19.3 Å². The quantitative estimate of drug-likeness (QED) is 0.805. The summed E-state index contributed by atoms with van der Waals surface area (Å²) in [6.07, 6.45) is 7.68. The van der Waals surface area contributed by atoms with Crippen molar-refractivity contribution in [1.82, 2.24) is 4.98 Å². The predicted octanol–water partition coefficient (Wildman–Crippen LogP) is 2.68. The van der Waals surface area contributed by atoms with Crippen LogP contribution >= 0.6 is 11.8 Å². The van der Waals surface area contributed by atoms with Crippen LogP contribution < -0.4 is 4.90 Å². The summed E-state index contributed by atoms with van der Waals surface area (Å²) in [7, 11) is 0. The highest BCUT2D eigenvalue weighted by molar-refractivity contribution is 7.99. The molecule has 0 aliphatic carbocycles. The summed E-state index contributed by atoms with van der Waals surface area (Å²) >= 11 is 1.97. The van der Waals surface area contributed by atoms with Crippen LogP contribution in [0.4, 0.5) is 5.69 Å². The first-order chi connectivity index (χ1) is 8.33. The number of nitriles is 1. The monoisotopic (exact) mass is 247 g/mol. The van der Waals surface area contributed by atoms with Gasteiger partial charge < -0.3 is 4.90 Å². The molecule has 3 nitrogen and oxygen atoms in total. The van der Waals surface area contributed by atoms with Gasteiger partial charge in [-0.1, -0.05) is 0 Å². The molecule has 90 valence electrons. The van der Waals surface area contributed by atoms with E-state index in [4.69, 9.17) is 5.26 Å². The molecule has 0 N–H and O–H groups in total. The minimum Gasteiger partial charge on any atom is -0.371 e. The molecule has 0 bridgehead atoms. The van der Waals surface area contributed by atoms with Gasteiger partial charge in [-0.2, -0.15) is 17.0 Å². The lowest BCUT2D eigenvalue weighted by Gasteiger charge is -2.22. The zero-order valence-electron chi connectivity index (χ0n) is 10.1. The molecule has 0 amide bonds. The van der Waals surface area contributed by atoms with Crippen molar-refractivity contribution in [1.29, 1.82) is 5.26 Å². The first-order valence-electron chi connectivity index (χ1n) is 5.97. The third-order valence-electron chi connectivity index (χ3n) is 3.23. The van der Waals surface area contributed by atoms with Crippen LogP contribution in [-0.2, 0) is 0 Å². The Hall–Kier alpha value is -1.21. The van der Waals surface area contributed by atoms with Gasteiger partial charge in [-0.05, 0) is 37.7 Å². The van der Waals surface area contributed by atoms with E-state index in [1.807, 2.05) is 23.9 Å². The lowest BCUT2D eigenvalue weighted by molar-refractivity contribution is 0.745. The molecule has 1 fully saturated rings. The molecule has 1 aliphatic rings. The second-order valence-electron chi connectivity index (χ2n) is 4.29. The second-order valence-corrected chi connectivity index (χ2v) is 5.42. The van der Waals surface area contributed by atoms with Crippen molar-refractivity contribution < 1.29 is 0 Å². The molecule has 1 aliphatic heterocycles. The van der Waals surface area contributed by atoms with Gasteiger partial charge in [0.15, 0.2) is 0 Å². The van der Waals surface area contributed by atoms with Crippen molar-refractivity contribution in [3.63, 3.8) is 0 Å². The van der Waals surface area contributed by atoms with Crippen LogP contribution in [-0.4, -0.2) is 29.6 Å². The summed E-state index contributed by atoms with van der Waals surface area (Å²) in [6.45, 7) is 2.17. The first-order valence-corrected chi connectivity index (χ1v) is 7.26. The van der Waals surface area contributed by atoms with E-state index in [-0.39, 0.29) is 0 Å². The van der Waals surface area contributed by atoms with Crippen LogP contribution in [0.15, 0.2) is 18.3 Å². The zero-order valence-corrected chi connectivity index (χ0v) is 10.9. The average molecular weight is 247 g/mol. The van der Waals surface area contributed by atoms with Crippen LogP contribution in [0.2, 0.25) is 0 Å². The van der Waals surface area contributed by atoms with Gasteiger partial charge in [0.2, 0.25) is 0 Å². The van der Waals surface area contributed by atoms with E-state index in [2.05, 4.69) is 22.2 Å². The molecule has 1 saturated heterocycles. The van der Waals surface area contributed by atoms with E-state index >= 15 is 0 Å². The number of rotatable bonds is 2. The second kappa shape index (κ2) is 5.92. The number of hydrogen-bond acceptors (Lipinski definition) is 4. The first kappa shape index (κ1) is 12.3. The highest BCUT2D eigenvalue weighted by Crippen LogP contribution is 2.24. The number of aromatic nitrogens is 1. The fourth-order valence-electron chi connectivity index (χ4n) is 2.24. The molecular formula is C13H17N3S. The summed E-state index contributed by atoms with van der Waals surface area (Å²) in [4.78, 5) is 6.39. The Bertz CT molecular complexity index is 413. The molecule has 2 rings (SSSR count). The van der Waals surface area contributed by atoms with E-state index in [0.29, 0.717) is 5.69 Å². The fourth-order valence-corrected chi connectivity index (χ4v) is 2.98. The Labute approximate surface area is 107 Å². The fraction of sp³-hybridized carbons (Fsp3) is 0.538. The van der Waals surface area contributed by atoms with Crippen LogP contribution in [0.25, 0.3) is 0 Å². The third-order valence-corrected chi connectivity index (χ3v) is 4.37. The van der Waals surface area contributed by atoms with E-state index < -0.39 is 0 Å². The SMILES string of the molecule is CSC1CCCN(c2ccnc(C#N)c2)CC1. The molecule has 1 aromatic rings. The summed E-state index contributed by atoms with van der Waals surface area (Å²) in [6, 6.07) is 5.99. The molecule has 0 spiro atoms. The number of anilines is 1. The minimum absolute atomic E-state index is 0.508. The maximum Gasteiger partial charge on any atom is 0.142 e. The minimum atomic E-state index is 0.508. The van der Waals surface area contributed by atoms with Gasteiger partial charge in [0.1, 0.15) is 11.8 Å². The lowest BCUT2D eigenvalue weighted by atomic mass is 10.2. The molecule has 17 heavy (non-hydrogen) atoms. The van der Waals surface area contributed by atoms with Gasteiger partial charge >= 0.3 is 0 Å². The summed E-state index contributed by atoms with van der Waals surface area (Å²) in [5.41, 5.74) is 1.64. The Balaban J connectivity index is 2.09. The maximum atomic E-state index is 8.86. The van der Waals surface area contributed by atoms with E-state index in [0.717, 1.165) is 24.0 Å². The maximum absolute atomic E-state index is 8.86. The Morgan fingerprint density at radius 1 is 1.47 bits per heavy atom. The highest BCUT2D eigenvalue weighted by atomic mass is 32.2. The molecule has 1 atom stereocenters. The predicted molar refractivity (Wildman–Crippen MR) is 72.3 cm³/mol. The molecule has 1 aromatic heterocycles. The van der Waals surface area contributed by atoms with Gasteiger partial charge in [-0.3, -0.25) is 0 Å². The molecule has 0 saturated carbocycles. The number of hydrogen-bond donors (Lipinski definition) is 0. The average Bonchev–Trinajstić information content (AvgIpc) is 2.64. The van der Waals surface area contributed by atoms with Crippen molar-refractivity contribution in [2.75, 3.05) is 24.2 Å². The largest absolute Gasteiger partial charge is 0.371 e. The van der Waals surface area contributed by atoms with Crippen molar-refractivity contribution in [2.24, 2.45) is 0 Å².